The number of hydrogen-bond donors (Lipinski definition) is 0. The highest BCUT2D eigenvalue weighted by atomic mass is 35.5. The largest absolute Gasteiger partial charge is 0.451 e. The van der Waals surface area contributed by atoms with E-state index in [4.69, 9.17) is 16.3 Å². The Balaban J connectivity index is 2.21. The molecule has 0 heterocycles. The fourth-order valence-electron chi connectivity index (χ4n) is 2.18. The van der Waals surface area contributed by atoms with E-state index in [1.54, 1.807) is 31.2 Å². The van der Waals surface area contributed by atoms with Gasteiger partial charge in [0.25, 0.3) is 0 Å². The Bertz CT molecular complexity index is 917. The van der Waals surface area contributed by atoms with Gasteiger partial charge in [0.15, 0.2) is 15.9 Å². The first-order valence-corrected chi connectivity index (χ1v) is 9.68. The van der Waals surface area contributed by atoms with Crippen LogP contribution >= 0.6 is 11.6 Å². The first-order valence-electron chi connectivity index (χ1n) is 7.41. The summed E-state index contributed by atoms with van der Waals surface area (Å²) in [7, 11) is -3.45. The summed E-state index contributed by atoms with van der Waals surface area (Å²) in [5.41, 5.74) is 1.04. The number of Topliss-reactive ketones (excluding diaryl/α,β-unsaturated/α-hetero) is 1. The van der Waals surface area contributed by atoms with Gasteiger partial charge in [-0.25, -0.2) is 13.2 Å². The van der Waals surface area contributed by atoms with E-state index in [1.165, 1.54) is 25.1 Å². The van der Waals surface area contributed by atoms with E-state index in [9.17, 15) is 18.0 Å². The minimum Gasteiger partial charge on any atom is -0.451 e. The van der Waals surface area contributed by atoms with Gasteiger partial charge >= 0.3 is 5.97 Å². The van der Waals surface area contributed by atoms with Gasteiger partial charge in [0.1, 0.15) is 0 Å². The molecule has 1 unspecified atom stereocenters. The summed E-state index contributed by atoms with van der Waals surface area (Å²) in [5.74, 6) is -1.13. The van der Waals surface area contributed by atoms with Crippen LogP contribution in [-0.4, -0.2) is 32.5 Å². The number of aryl methyl sites for hydroxylation is 1. The zero-order chi connectivity index (χ0) is 18.8. The van der Waals surface area contributed by atoms with Gasteiger partial charge in [0, 0.05) is 16.8 Å². The van der Waals surface area contributed by atoms with Crippen molar-refractivity contribution in [1.29, 1.82) is 0 Å². The third-order valence-corrected chi connectivity index (χ3v) is 5.00. The predicted octanol–water partition coefficient (Wildman–Crippen LogP) is 3.48. The number of benzene rings is 2. The quantitative estimate of drug-likeness (QED) is 0.586. The van der Waals surface area contributed by atoms with Gasteiger partial charge in [0.05, 0.1) is 10.5 Å². The maximum atomic E-state index is 12.4. The number of ketones is 1. The molecule has 132 valence electrons. The van der Waals surface area contributed by atoms with E-state index in [2.05, 4.69) is 0 Å². The van der Waals surface area contributed by atoms with Crippen LogP contribution in [0.2, 0.25) is 5.02 Å². The summed E-state index contributed by atoms with van der Waals surface area (Å²) in [5, 5.41) is 0.495. The molecule has 0 N–H and O–H groups in total. The minimum atomic E-state index is -3.45. The van der Waals surface area contributed by atoms with Crippen molar-refractivity contribution in [2.45, 2.75) is 24.8 Å². The van der Waals surface area contributed by atoms with E-state index in [-0.39, 0.29) is 16.2 Å². The van der Waals surface area contributed by atoms with Crippen LogP contribution in [0, 0.1) is 6.92 Å². The van der Waals surface area contributed by atoms with Crippen LogP contribution in [-0.2, 0) is 14.6 Å². The van der Waals surface area contributed by atoms with Crippen molar-refractivity contribution in [3.05, 3.63) is 64.2 Å². The number of sulfone groups is 1. The van der Waals surface area contributed by atoms with Crippen LogP contribution in [0.25, 0.3) is 0 Å². The number of carbonyl (C=O) groups is 2. The molecular formula is C18H17ClO5S. The summed E-state index contributed by atoms with van der Waals surface area (Å²) in [4.78, 5) is 24.7. The molecule has 0 saturated carbocycles. The van der Waals surface area contributed by atoms with E-state index >= 15 is 0 Å². The van der Waals surface area contributed by atoms with Crippen molar-refractivity contribution < 1.29 is 22.7 Å². The van der Waals surface area contributed by atoms with E-state index in [1.807, 2.05) is 0 Å². The molecule has 0 aliphatic rings. The number of hydrogen-bond acceptors (Lipinski definition) is 5. The smallest absolute Gasteiger partial charge is 0.339 e. The van der Waals surface area contributed by atoms with Crippen molar-refractivity contribution >= 4 is 33.2 Å². The molecule has 0 spiro atoms. The van der Waals surface area contributed by atoms with Gasteiger partial charge in [-0.15, -0.1) is 0 Å². The highest BCUT2D eigenvalue weighted by Crippen LogP contribution is 2.18. The van der Waals surface area contributed by atoms with E-state index in [0.29, 0.717) is 16.1 Å². The molecule has 0 bridgehead atoms. The first-order chi connectivity index (χ1) is 11.6. The molecule has 0 aromatic heterocycles. The van der Waals surface area contributed by atoms with Gasteiger partial charge in [-0.3, -0.25) is 4.79 Å². The lowest BCUT2D eigenvalue weighted by atomic mass is 10.1. The van der Waals surface area contributed by atoms with Gasteiger partial charge in [-0.1, -0.05) is 17.7 Å². The second-order valence-corrected chi connectivity index (χ2v) is 8.12. The Morgan fingerprint density at radius 2 is 1.68 bits per heavy atom. The van der Waals surface area contributed by atoms with E-state index in [0.717, 1.165) is 6.26 Å². The number of halogens is 1. The molecule has 1 atom stereocenters. The zero-order valence-electron chi connectivity index (χ0n) is 13.9. The third kappa shape index (κ3) is 4.67. The summed E-state index contributed by atoms with van der Waals surface area (Å²) in [6.07, 6.45) is 0.0365. The molecule has 2 aromatic carbocycles. The van der Waals surface area contributed by atoms with Gasteiger partial charge in [-0.2, -0.15) is 0 Å². The van der Waals surface area contributed by atoms with Crippen LogP contribution in [0.5, 0.6) is 0 Å². The molecule has 0 amide bonds. The van der Waals surface area contributed by atoms with Gasteiger partial charge < -0.3 is 4.74 Å². The predicted molar refractivity (Wildman–Crippen MR) is 94.9 cm³/mol. The Hall–Kier alpha value is -2.18. The normalized spacial score (nSPS) is 12.5. The molecule has 2 aromatic rings. The fraction of sp³-hybridized carbons (Fsp3) is 0.222. The van der Waals surface area contributed by atoms with Crippen LogP contribution in [0.4, 0.5) is 0 Å². The fourth-order valence-corrected chi connectivity index (χ4v) is 2.95. The number of esters is 1. The maximum Gasteiger partial charge on any atom is 0.339 e. The summed E-state index contributed by atoms with van der Waals surface area (Å²) in [6, 6.07) is 10.4. The molecule has 5 nitrogen and oxygen atoms in total. The Morgan fingerprint density at radius 1 is 1.08 bits per heavy atom. The molecule has 0 radical (unpaired) electrons. The summed E-state index contributed by atoms with van der Waals surface area (Å²) >= 11 is 5.78. The number of carbonyl (C=O) groups excluding carboxylic acids is 2. The summed E-state index contributed by atoms with van der Waals surface area (Å²) in [6.45, 7) is 3.12. The van der Waals surface area contributed by atoms with Crippen LogP contribution in [0.3, 0.4) is 0 Å². The highest BCUT2D eigenvalue weighted by molar-refractivity contribution is 7.90. The zero-order valence-corrected chi connectivity index (χ0v) is 15.5. The Morgan fingerprint density at radius 3 is 2.24 bits per heavy atom. The topological polar surface area (TPSA) is 77.5 Å². The van der Waals surface area contributed by atoms with Crippen molar-refractivity contribution in [1.82, 2.24) is 0 Å². The second kappa shape index (κ2) is 7.37. The molecule has 0 aliphatic carbocycles. The maximum absolute atomic E-state index is 12.4. The van der Waals surface area contributed by atoms with Crippen molar-refractivity contribution in [2.75, 3.05) is 6.26 Å². The molecular weight excluding hydrogens is 364 g/mol. The molecule has 7 heteroatoms. The SMILES string of the molecule is Cc1ccc(S(C)(=O)=O)cc1C(=O)OC(C)C(=O)c1ccc(Cl)cc1. The second-order valence-electron chi connectivity index (χ2n) is 5.67. The average molecular weight is 381 g/mol. The third-order valence-electron chi connectivity index (χ3n) is 3.64. The first kappa shape index (κ1) is 19.1. The van der Waals surface area contributed by atoms with E-state index < -0.39 is 21.9 Å². The standard InChI is InChI=1S/C18H17ClO5S/c1-11-4-9-15(25(3,22)23)10-16(11)18(21)24-12(2)17(20)13-5-7-14(19)8-6-13/h4-10,12H,1-3H3. The van der Waals surface area contributed by atoms with Crippen LogP contribution in [0.1, 0.15) is 33.2 Å². The molecule has 25 heavy (non-hydrogen) atoms. The van der Waals surface area contributed by atoms with Crippen LogP contribution < -0.4 is 0 Å². The lowest BCUT2D eigenvalue weighted by molar-refractivity contribution is 0.0318. The number of rotatable bonds is 5. The molecule has 0 aliphatic heterocycles. The Labute approximate surface area is 151 Å². The average Bonchev–Trinajstić information content (AvgIpc) is 2.54. The lowest BCUT2D eigenvalue weighted by Gasteiger charge is -2.14. The monoisotopic (exact) mass is 380 g/mol. The van der Waals surface area contributed by atoms with Crippen molar-refractivity contribution in [3.8, 4) is 0 Å². The highest BCUT2D eigenvalue weighted by Gasteiger charge is 2.22. The molecule has 2 rings (SSSR count). The van der Waals surface area contributed by atoms with Crippen LogP contribution in [0.15, 0.2) is 47.4 Å². The van der Waals surface area contributed by atoms with Crippen molar-refractivity contribution in [2.24, 2.45) is 0 Å². The molecule has 0 fully saturated rings. The lowest BCUT2D eigenvalue weighted by Crippen LogP contribution is -2.25. The summed E-state index contributed by atoms with van der Waals surface area (Å²) < 4.78 is 28.5. The van der Waals surface area contributed by atoms with Crippen molar-refractivity contribution in [3.63, 3.8) is 0 Å². The number of ether oxygens (including phenoxy) is 1. The Kier molecular flexibility index (Phi) is 5.65. The van der Waals surface area contributed by atoms with Gasteiger partial charge in [-0.05, 0) is 55.8 Å². The molecule has 0 saturated heterocycles. The minimum absolute atomic E-state index is 0.0155. The van der Waals surface area contributed by atoms with Gasteiger partial charge in [0.2, 0.25) is 5.78 Å².